The highest BCUT2D eigenvalue weighted by Gasteiger charge is 2.32. The van der Waals surface area contributed by atoms with Gasteiger partial charge < -0.3 is 14.8 Å². The second kappa shape index (κ2) is 8.37. The molecule has 1 aromatic carbocycles. The van der Waals surface area contributed by atoms with Crippen molar-refractivity contribution in [2.45, 2.75) is 6.04 Å². The third-order valence-electron chi connectivity index (χ3n) is 4.68. The zero-order valence-electron chi connectivity index (χ0n) is 15.4. The molecule has 0 saturated carbocycles. The summed E-state index contributed by atoms with van der Waals surface area (Å²) in [5.41, 5.74) is 0.580. The summed E-state index contributed by atoms with van der Waals surface area (Å²) in [4.78, 5) is 31.6. The molecule has 28 heavy (non-hydrogen) atoms. The molecule has 1 aliphatic rings. The monoisotopic (exact) mass is 400 g/mol. The van der Waals surface area contributed by atoms with Crippen molar-refractivity contribution in [3.05, 3.63) is 76.7 Å². The summed E-state index contributed by atoms with van der Waals surface area (Å²) in [6.45, 7) is 1.86. The number of rotatable bonds is 3. The van der Waals surface area contributed by atoms with Gasteiger partial charge in [-0.25, -0.2) is 4.98 Å². The number of benzene rings is 1. The van der Waals surface area contributed by atoms with Crippen LogP contribution in [-0.2, 0) is 7.05 Å². The van der Waals surface area contributed by atoms with Gasteiger partial charge >= 0.3 is 0 Å². The zero-order chi connectivity index (χ0) is 18.8. The number of nitrogens with one attached hydrogen (secondary N) is 1. The number of para-hydroxylation sites is 1. The average molecular weight is 401 g/mol. The first kappa shape index (κ1) is 19.8. The Morgan fingerprint density at radius 2 is 1.96 bits per heavy atom. The Labute approximate surface area is 168 Å². The second-order valence-electron chi connectivity index (χ2n) is 6.42. The van der Waals surface area contributed by atoms with E-state index in [4.69, 9.17) is 0 Å². The van der Waals surface area contributed by atoms with Crippen molar-refractivity contribution in [3.63, 3.8) is 0 Å². The van der Waals surface area contributed by atoms with Crippen LogP contribution in [0.1, 0.15) is 22.4 Å². The van der Waals surface area contributed by atoms with Crippen LogP contribution in [0.2, 0.25) is 0 Å². The number of halogens is 1. The predicted octanol–water partition coefficient (Wildman–Crippen LogP) is 1.17. The standard InChI is InChI=1S/C19H20N6O2.ClH/c1-23-11-10-21-18(23)16-13-20-9-12-24(16)19(27)15-7-8-17(26)25(22-15)14-5-3-2-4-6-14;/h2-8,10-11,16,20H,9,12-13H2,1H3;1H. The summed E-state index contributed by atoms with van der Waals surface area (Å²) >= 11 is 0. The van der Waals surface area contributed by atoms with Crippen LogP contribution >= 0.6 is 12.4 Å². The third-order valence-corrected chi connectivity index (χ3v) is 4.68. The Bertz CT molecular complexity index is 1020. The highest BCUT2D eigenvalue weighted by molar-refractivity contribution is 5.92. The van der Waals surface area contributed by atoms with E-state index in [1.807, 2.05) is 36.0 Å². The molecule has 3 heterocycles. The van der Waals surface area contributed by atoms with Gasteiger partial charge in [-0.1, -0.05) is 18.2 Å². The summed E-state index contributed by atoms with van der Waals surface area (Å²) < 4.78 is 3.17. The van der Waals surface area contributed by atoms with Gasteiger partial charge in [0.1, 0.15) is 17.6 Å². The first-order chi connectivity index (χ1) is 13.1. The number of imidazole rings is 1. The number of hydrogen-bond donors (Lipinski definition) is 1. The van der Waals surface area contributed by atoms with Crippen molar-refractivity contribution >= 4 is 18.3 Å². The first-order valence-corrected chi connectivity index (χ1v) is 8.80. The molecule has 1 fully saturated rings. The van der Waals surface area contributed by atoms with Gasteiger partial charge in [-0.15, -0.1) is 12.4 Å². The van der Waals surface area contributed by atoms with Gasteiger partial charge in [0.15, 0.2) is 0 Å². The Kier molecular flexibility index (Phi) is 5.91. The van der Waals surface area contributed by atoms with Crippen molar-refractivity contribution in [2.75, 3.05) is 19.6 Å². The minimum Gasteiger partial charge on any atom is -0.336 e. The summed E-state index contributed by atoms with van der Waals surface area (Å²) in [5, 5.41) is 7.63. The fourth-order valence-corrected chi connectivity index (χ4v) is 3.30. The van der Waals surface area contributed by atoms with Gasteiger partial charge in [0.2, 0.25) is 0 Å². The van der Waals surface area contributed by atoms with Crippen LogP contribution in [0.5, 0.6) is 0 Å². The molecular weight excluding hydrogens is 380 g/mol. The molecule has 1 aliphatic heterocycles. The van der Waals surface area contributed by atoms with E-state index < -0.39 is 0 Å². The number of nitrogens with zero attached hydrogens (tertiary/aromatic N) is 5. The van der Waals surface area contributed by atoms with Gasteiger partial charge in [0.25, 0.3) is 11.5 Å². The molecular formula is C19H21ClN6O2. The lowest BCUT2D eigenvalue weighted by atomic mass is 10.1. The highest BCUT2D eigenvalue weighted by atomic mass is 35.5. The lowest BCUT2D eigenvalue weighted by Gasteiger charge is -2.35. The molecule has 146 valence electrons. The Balaban J connectivity index is 0.00000225. The second-order valence-corrected chi connectivity index (χ2v) is 6.42. The van der Waals surface area contributed by atoms with Crippen LogP contribution < -0.4 is 10.9 Å². The van der Waals surface area contributed by atoms with E-state index >= 15 is 0 Å². The summed E-state index contributed by atoms with van der Waals surface area (Å²) in [7, 11) is 1.91. The minimum atomic E-state index is -0.279. The Hall–Kier alpha value is -2.97. The quantitative estimate of drug-likeness (QED) is 0.713. The summed E-state index contributed by atoms with van der Waals surface area (Å²) in [5.74, 6) is 0.598. The van der Waals surface area contributed by atoms with E-state index in [-0.39, 0.29) is 35.6 Å². The summed E-state index contributed by atoms with van der Waals surface area (Å²) in [6, 6.07) is 11.8. The molecule has 9 heteroatoms. The van der Waals surface area contributed by atoms with Crippen molar-refractivity contribution in [1.82, 2.24) is 29.5 Å². The van der Waals surface area contributed by atoms with Crippen LogP contribution in [0, 0.1) is 0 Å². The molecule has 0 bridgehead atoms. The first-order valence-electron chi connectivity index (χ1n) is 8.80. The molecule has 1 saturated heterocycles. The van der Waals surface area contributed by atoms with Crippen LogP contribution in [0.25, 0.3) is 5.69 Å². The van der Waals surface area contributed by atoms with Gasteiger partial charge in [-0.2, -0.15) is 9.78 Å². The van der Waals surface area contributed by atoms with Crippen LogP contribution in [-0.4, -0.2) is 49.8 Å². The SMILES string of the molecule is Cl.Cn1ccnc1C1CNCCN1C(=O)c1ccc(=O)n(-c2ccccc2)n1. The third kappa shape index (κ3) is 3.69. The fraction of sp³-hybridized carbons (Fsp3) is 0.263. The number of hydrogen-bond acceptors (Lipinski definition) is 5. The zero-order valence-corrected chi connectivity index (χ0v) is 16.2. The van der Waals surface area contributed by atoms with E-state index in [2.05, 4.69) is 15.4 Å². The molecule has 3 aromatic rings. The maximum Gasteiger partial charge on any atom is 0.275 e. The molecule has 1 unspecified atom stereocenters. The molecule has 2 aromatic heterocycles. The number of amides is 1. The van der Waals surface area contributed by atoms with Gasteiger partial charge in [-0.05, 0) is 18.2 Å². The normalized spacial score (nSPS) is 16.5. The maximum absolute atomic E-state index is 13.2. The highest BCUT2D eigenvalue weighted by Crippen LogP contribution is 2.22. The molecule has 1 amide bonds. The Morgan fingerprint density at radius 3 is 2.68 bits per heavy atom. The van der Waals surface area contributed by atoms with Crippen molar-refractivity contribution in [1.29, 1.82) is 0 Å². The van der Waals surface area contributed by atoms with Crippen molar-refractivity contribution in [3.8, 4) is 5.69 Å². The van der Waals surface area contributed by atoms with E-state index in [1.165, 1.54) is 16.8 Å². The number of aryl methyl sites for hydroxylation is 1. The van der Waals surface area contributed by atoms with E-state index in [1.54, 1.807) is 23.2 Å². The smallest absolute Gasteiger partial charge is 0.275 e. The number of carbonyl (C=O) groups excluding carboxylic acids is 1. The maximum atomic E-state index is 13.2. The lowest BCUT2D eigenvalue weighted by molar-refractivity contribution is 0.0612. The molecule has 1 atom stereocenters. The van der Waals surface area contributed by atoms with Crippen LogP contribution in [0.15, 0.2) is 59.7 Å². The van der Waals surface area contributed by atoms with Crippen LogP contribution in [0.4, 0.5) is 0 Å². The fourth-order valence-electron chi connectivity index (χ4n) is 3.30. The van der Waals surface area contributed by atoms with Crippen molar-refractivity contribution in [2.24, 2.45) is 7.05 Å². The van der Waals surface area contributed by atoms with E-state index in [0.717, 1.165) is 5.82 Å². The molecule has 0 radical (unpaired) electrons. The number of aromatic nitrogens is 4. The number of carbonyl (C=O) groups is 1. The molecule has 4 rings (SSSR count). The molecule has 1 N–H and O–H groups in total. The molecule has 0 spiro atoms. The number of piperazine rings is 1. The Morgan fingerprint density at radius 1 is 1.18 bits per heavy atom. The van der Waals surface area contributed by atoms with E-state index in [0.29, 0.717) is 25.3 Å². The minimum absolute atomic E-state index is 0. The molecule has 8 nitrogen and oxygen atoms in total. The van der Waals surface area contributed by atoms with Gasteiger partial charge in [0.05, 0.1) is 5.69 Å². The lowest BCUT2D eigenvalue weighted by Crippen LogP contribution is -2.49. The molecule has 0 aliphatic carbocycles. The van der Waals surface area contributed by atoms with Crippen molar-refractivity contribution < 1.29 is 4.79 Å². The predicted molar refractivity (Wildman–Crippen MR) is 107 cm³/mol. The van der Waals surface area contributed by atoms with Gasteiger partial charge in [0, 0.05) is 45.1 Å². The van der Waals surface area contributed by atoms with Gasteiger partial charge in [-0.3, -0.25) is 9.59 Å². The summed E-state index contributed by atoms with van der Waals surface area (Å²) in [6.07, 6.45) is 3.58. The average Bonchev–Trinajstić information content (AvgIpc) is 3.14. The largest absolute Gasteiger partial charge is 0.336 e. The van der Waals surface area contributed by atoms with Crippen LogP contribution in [0.3, 0.4) is 0 Å². The topological polar surface area (TPSA) is 85.0 Å². The van der Waals surface area contributed by atoms with E-state index in [9.17, 15) is 9.59 Å².